The van der Waals surface area contributed by atoms with Gasteiger partial charge >= 0.3 is 5.97 Å². The van der Waals surface area contributed by atoms with Gasteiger partial charge in [0.15, 0.2) is 0 Å². The minimum absolute atomic E-state index is 0.160. The summed E-state index contributed by atoms with van der Waals surface area (Å²) in [5.74, 6) is 2.44. The van der Waals surface area contributed by atoms with E-state index < -0.39 is 5.41 Å². The third kappa shape index (κ3) is 4.19. The molecule has 25 heavy (non-hydrogen) atoms. The lowest BCUT2D eigenvalue weighted by Crippen LogP contribution is -2.46. The molecular formula is C18H31N5O2. The quantitative estimate of drug-likeness (QED) is 0.756. The highest BCUT2D eigenvalue weighted by atomic mass is 16.5. The molecule has 1 aromatic rings. The van der Waals surface area contributed by atoms with Crippen LogP contribution in [-0.2, 0) is 9.53 Å². The highest BCUT2D eigenvalue weighted by molar-refractivity contribution is 5.76. The van der Waals surface area contributed by atoms with E-state index in [-0.39, 0.29) is 17.8 Å². The van der Waals surface area contributed by atoms with E-state index in [9.17, 15) is 4.79 Å². The summed E-state index contributed by atoms with van der Waals surface area (Å²) in [6.45, 7) is 9.73. The number of piperidine rings is 1. The van der Waals surface area contributed by atoms with E-state index >= 15 is 0 Å². The average molecular weight is 349 g/mol. The highest BCUT2D eigenvalue weighted by Crippen LogP contribution is 2.36. The number of nitrogens with zero attached hydrogens (tertiary/aromatic N) is 5. The van der Waals surface area contributed by atoms with Gasteiger partial charge in [0, 0.05) is 33.1 Å². The van der Waals surface area contributed by atoms with Crippen molar-refractivity contribution in [1.29, 1.82) is 0 Å². The summed E-state index contributed by atoms with van der Waals surface area (Å²) in [6.07, 6.45) is 2.01. The summed E-state index contributed by atoms with van der Waals surface area (Å²) in [6, 6.07) is 0. The topological polar surface area (TPSA) is 71.5 Å². The second-order valence-corrected chi connectivity index (χ2v) is 7.84. The van der Waals surface area contributed by atoms with Crippen molar-refractivity contribution in [2.75, 3.05) is 44.1 Å². The lowest BCUT2D eigenvalue weighted by molar-refractivity contribution is -0.154. The van der Waals surface area contributed by atoms with E-state index in [2.05, 4.69) is 33.7 Å². The Morgan fingerprint density at radius 1 is 1.28 bits per heavy atom. The molecule has 1 aromatic heterocycles. The molecule has 0 aromatic carbocycles. The van der Waals surface area contributed by atoms with E-state index in [0.717, 1.165) is 31.8 Å². The Labute approximate surface area is 150 Å². The molecule has 1 atom stereocenters. The van der Waals surface area contributed by atoms with E-state index in [4.69, 9.17) is 4.74 Å². The zero-order valence-corrected chi connectivity index (χ0v) is 16.5. The smallest absolute Gasteiger partial charge is 0.311 e. The monoisotopic (exact) mass is 349 g/mol. The van der Waals surface area contributed by atoms with Crippen LogP contribution in [0.25, 0.3) is 0 Å². The largest absolute Gasteiger partial charge is 0.469 e. The average Bonchev–Trinajstić information content (AvgIpc) is 2.60. The van der Waals surface area contributed by atoms with Crippen molar-refractivity contribution in [1.82, 2.24) is 15.0 Å². The molecule has 0 radical (unpaired) electrons. The van der Waals surface area contributed by atoms with Crippen molar-refractivity contribution in [3.63, 3.8) is 0 Å². The molecule has 7 heteroatoms. The molecule has 1 aliphatic heterocycles. The number of carbonyl (C=O) groups excluding carboxylic acids is 1. The predicted octanol–water partition coefficient (Wildman–Crippen LogP) is 2.48. The van der Waals surface area contributed by atoms with Gasteiger partial charge in [0.05, 0.1) is 12.5 Å². The molecule has 1 unspecified atom stereocenters. The molecule has 0 bridgehead atoms. The minimum Gasteiger partial charge on any atom is -0.469 e. The summed E-state index contributed by atoms with van der Waals surface area (Å²) in [5, 5.41) is 0. The molecule has 0 amide bonds. The molecule has 0 saturated carbocycles. The first-order chi connectivity index (χ1) is 11.7. The highest BCUT2D eigenvalue weighted by Gasteiger charge is 2.40. The lowest BCUT2D eigenvalue weighted by Gasteiger charge is -2.40. The second-order valence-electron chi connectivity index (χ2n) is 7.84. The minimum atomic E-state index is -0.522. The molecule has 1 aliphatic rings. The van der Waals surface area contributed by atoms with Gasteiger partial charge in [-0.1, -0.05) is 13.8 Å². The van der Waals surface area contributed by atoms with Crippen LogP contribution < -0.4 is 9.80 Å². The number of ether oxygens (including phenoxy) is 1. The molecule has 7 nitrogen and oxygen atoms in total. The first kappa shape index (κ1) is 19.4. The van der Waals surface area contributed by atoms with Gasteiger partial charge < -0.3 is 14.5 Å². The Morgan fingerprint density at radius 2 is 1.96 bits per heavy atom. The molecular weight excluding hydrogens is 318 g/mol. The standard InChI is InChI=1S/C18H31N5O2/c1-12(2)14-19-16(22(5)6)21-17(20-14)23-10-8-9-13(11-23)18(3,4)15(24)25-7/h12-13H,8-11H2,1-7H3. The van der Waals surface area contributed by atoms with E-state index in [1.165, 1.54) is 7.11 Å². The van der Waals surface area contributed by atoms with Crippen LogP contribution >= 0.6 is 0 Å². The molecule has 0 spiro atoms. The third-order valence-corrected chi connectivity index (χ3v) is 4.98. The number of anilines is 2. The van der Waals surface area contributed by atoms with Crippen molar-refractivity contribution in [3.8, 4) is 0 Å². The molecule has 0 N–H and O–H groups in total. The van der Waals surface area contributed by atoms with Gasteiger partial charge in [-0.25, -0.2) is 0 Å². The van der Waals surface area contributed by atoms with E-state index in [0.29, 0.717) is 11.9 Å². The van der Waals surface area contributed by atoms with Crippen LogP contribution in [0.15, 0.2) is 0 Å². The molecule has 2 heterocycles. The maximum absolute atomic E-state index is 12.2. The first-order valence-electron chi connectivity index (χ1n) is 8.93. The number of aromatic nitrogens is 3. The van der Waals surface area contributed by atoms with Crippen LogP contribution in [0.2, 0.25) is 0 Å². The van der Waals surface area contributed by atoms with Gasteiger partial charge in [0.1, 0.15) is 5.82 Å². The normalized spacial score (nSPS) is 18.4. The van der Waals surface area contributed by atoms with Crippen LogP contribution in [0.1, 0.15) is 52.3 Å². The number of methoxy groups -OCH3 is 1. The fraction of sp³-hybridized carbons (Fsp3) is 0.778. The molecule has 1 saturated heterocycles. The number of rotatable bonds is 5. The number of carbonyl (C=O) groups is 1. The number of hydrogen-bond acceptors (Lipinski definition) is 7. The first-order valence-corrected chi connectivity index (χ1v) is 8.93. The Hall–Kier alpha value is -1.92. The van der Waals surface area contributed by atoms with Crippen molar-refractivity contribution in [2.24, 2.45) is 11.3 Å². The van der Waals surface area contributed by atoms with Gasteiger partial charge in [-0.15, -0.1) is 0 Å². The Kier molecular flexibility index (Phi) is 5.85. The second kappa shape index (κ2) is 7.54. The number of hydrogen-bond donors (Lipinski definition) is 0. The third-order valence-electron chi connectivity index (χ3n) is 4.98. The van der Waals surface area contributed by atoms with Crippen molar-refractivity contribution in [3.05, 3.63) is 5.82 Å². The summed E-state index contributed by atoms with van der Waals surface area (Å²) in [5.41, 5.74) is -0.522. The van der Waals surface area contributed by atoms with E-state index in [1.54, 1.807) is 0 Å². The number of esters is 1. The fourth-order valence-electron chi connectivity index (χ4n) is 3.15. The van der Waals surface area contributed by atoms with Crippen molar-refractivity contribution in [2.45, 2.75) is 46.5 Å². The van der Waals surface area contributed by atoms with Gasteiger partial charge in [-0.2, -0.15) is 15.0 Å². The molecule has 2 rings (SSSR count). The van der Waals surface area contributed by atoms with Crippen molar-refractivity contribution >= 4 is 17.9 Å². The van der Waals surface area contributed by atoms with Crippen LogP contribution in [0, 0.1) is 11.3 Å². The molecule has 140 valence electrons. The van der Waals surface area contributed by atoms with E-state index in [1.807, 2.05) is 32.8 Å². The van der Waals surface area contributed by atoms with Crippen LogP contribution in [-0.4, -0.2) is 55.2 Å². The zero-order chi connectivity index (χ0) is 18.8. The van der Waals surface area contributed by atoms with Gasteiger partial charge in [0.2, 0.25) is 11.9 Å². The maximum Gasteiger partial charge on any atom is 0.311 e. The zero-order valence-electron chi connectivity index (χ0n) is 16.5. The predicted molar refractivity (Wildman–Crippen MR) is 99.0 cm³/mol. The molecule has 1 fully saturated rings. The van der Waals surface area contributed by atoms with Crippen LogP contribution in [0.4, 0.5) is 11.9 Å². The van der Waals surface area contributed by atoms with Gasteiger partial charge in [-0.05, 0) is 32.6 Å². The fourth-order valence-corrected chi connectivity index (χ4v) is 3.15. The summed E-state index contributed by atoms with van der Waals surface area (Å²) < 4.78 is 5.00. The van der Waals surface area contributed by atoms with Crippen LogP contribution in [0.5, 0.6) is 0 Å². The van der Waals surface area contributed by atoms with Gasteiger partial charge in [0.25, 0.3) is 0 Å². The Morgan fingerprint density at radius 3 is 2.52 bits per heavy atom. The Balaban J connectivity index is 2.30. The van der Waals surface area contributed by atoms with Crippen molar-refractivity contribution < 1.29 is 9.53 Å². The maximum atomic E-state index is 12.2. The summed E-state index contributed by atoms with van der Waals surface area (Å²) >= 11 is 0. The summed E-state index contributed by atoms with van der Waals surface area (Å²) in [4.78, 5) is 30.1. The lowest BCUT2D eigenvalue weighted by atomic mass is 9.74. The van der Waals surface area contributed by atoms with Crippen LogP contribution in [0.3, 0.4) is 0 Å². The Bertz CT molecular complexity index is 589. The SMILES string of the molecule is COC(=O)C(C)(C)C1CCCN(c2nc(C(C)C)nc(N(C)C)n2)C1. The molecule has 0 aliphatic carbocycles. The summed E-state index contributed by atoms with van der Waals surface area (Å²) in [7, 11) is 5.32. The van der Waals surface area contributed by atoms with Gasteiger partial charge in [-0.3, -0.25) is 4.79 Å².